The summed E-state index contributed by atoms with van der Waals surface area (Å²) in [5, 5.41) is 11.7. The fraction of sp³-hybridized carbons (Fsp3) is 0.750. The van der Waals surface area contributed by atoms with Gasteiger partial charge in [-0.3, -0.25) is 4.79 Å². The van der Waals surface area contributed by atoms with Gasteiger partial charge in [-0.2, -0.15) is 0 Å². The smallest absolute Gasteiger partial charge is 0.144 e. The van der Waals surface area contributed by atoms with Gasteiger partial charge in [-0.05, 0) is 26.7 Å². The fourth-order valence-corrected chi connectivity index (χ4v) is 1.38. The second-order valence-electron chi connectivity index (χ2n) is 3.45. The molecule has 0 atom stereocenters. The number of oxime groups is 1. The Hall–Kier alpha value is -0.860. The Morgan fingerprint density at radius 3 is 2.55 bits per heavy atom. The standard InChI is InChI=1S/C8H13NO2/c1-8(2)6(9-11)4-3-5-7(8)10/h11H,3-5H2,1-2H3/b9-6-. The molecular weight excluding hydrogens is 142 g/mol. The van der Waals surface area contributed by atoms with Crippen molar-refractivity contribution in [3.8, 4) is 0 Å². The summed E-state index contributed by atoms with van der Waals surface area (Å²) in [6.07, 6.45) is 2.18. The molecule has 1 fully saturated rings. The van der Waals surface area contributed by atoms with Crippen LogP contribution in [0, 0.1) is 5.41 Å². The van der Waals surface area contributed by atoms with Crippen molar-refractivity contribution < 1.29 is 10.0 Å². The van der Waals surface area contributed by atoms with Crippen LogP contribution in [-0.2, 0) is 4.79 Å². The zero-order valence-electron chi connectivity index (χ0n) is 6.92. The maximum absolute atomic E-state index is 11.3. The van der Waals surface area contributed by atoms with Crippen molar-refractivity contribution in [2.75, 3.05) is 0 Å². The van der Waals surface area contributed by atoms with Gasteiger partial charge in [-0.25, -0.2) is 0 Å². The SMILES string of the molecule is CC1(C)C(=O)CCC/C1=N/O. The third-order valence-corrected chi connectivity index (χ3v) is 2.36. The summed E-state index contributed by atoms with van der Waals surface area (Å²) in [4.78, 5) is 11.3. The Bertz CT molecular complexity index is 206. The van der Waals surface area contributed by atoms with Crippen molar-refractivity contribution in [2.45, 2.75) is 33.1 Å². The van der Waals surface area contributed by atoms with Crippen LogP contribution in [0.15, 0.2) is 5.16 Å². The van der Waals surface area contributed by atoms with Crippen LogP contribution in [0.2, 0.25) is 0 Å². The second kappa shape index (κ2) is 2.64. The van der Waals surface area contributed by atoms with Crippen molar-refractivity contribution >= 4 is 11.5 Å². The van der Waals surface area contributed by atoms with E-state index in [0.717, 1.165) is 12.8 Å². The molecule has 0 spiro atoms. The van der Waals surface area contributed by atoms with E-state index in [1.807, 2.05) is 13.8 Å². The topological polar surface area (TPSA) is 49.7 Å². The van der Waals surface area contributed by atoms with Crippen molar-refractivity contribution in [3.05, 3.63) is 0 Å². The van der Waals surface area contributed by atoms with Gasteiger partial charge < -0.3 is 5.21 Å². The van der Waals surface area contributed by atoms with Gasteiger partial charge in [0, 0.05) is 6.42 Å². The van der Waals surface area contributed by atoms with Crippen LogP contribution in [-0.4, -0.2) is 16.7 Å². The van der Waals surface area contributed by atoms with E-state index in [9.17, 15) is 4.79 Å². The van der Waals surface area contributed by atoms with E-state index in [1.165, 1.54) is 0 Å². The molecule has 0 aromatic heterocycles. The van der Waals surface area contributed by atoms with Crippen LogP contribution < -0.4 is 0 Å². The van der Waals surface area contributed by atoms with E-state index < -0.39 is 5.41 Å². The first-order valence-electron chi connectivity index (χ1n) is 3.83. The third-order valence-electron chi connectivity index (χ3n) is 2.36. The van der Waals surface area contributed by atoms with Crippen molar-refractivity contribution in [1.82, 2.24) is 0 Å². The molecule has 0 aliphatic heterocycles. The van der Waals surface area contributed by atoms with Gasteiger partial charge >= 0.3 is 0 Å². The Morgan fingerprint density at radius 1 is 1.45 bits per heavy atom. The lowest BCUT2D eigenvalue weighted by Crippen LogP contribution is -2.37. The monoisotopic (exact) mass is 155 g/mol. The van der Waals surface area contributed by atoms with Crippen molar-refractivity contribution in [3.63, 3.8) is 0 Å². The molecule has 0 unspecified atom stereocenters. The maximum Gasteiger partial charge on any atom is 0.144 e. The van der Waals surface area contributed by atoms with E-state index >= 15 is 0 Å². The molecule has 0 heterocycles. The van der Waals surface area contributed by atoms with Gasteiger partial charge in [0.25, 0.3) is 0 Å². The van der Waals surface area contributed by atoms with E-state index in [2.05, 4.69) is 5.16 Å². The number of ketones is 1. The lowest BCUT2D eigenvalue weighted by atomic mass is 9.75. The molecule has 0 radical (unpaired) electrons. The molecule has 0 aromatic rings. The second-order valence-corrected chi connectivity index (χ2v) is 3.45. The summed E-state index contributed by atoms with van der Waals surface area (Å²) in [5.74, 6) is 0.177. The Balaban J connectivity index is 2.91. The van der Waals surface area contributed by atoms with E-state index in [0.29, 0.717) is 12.1 Å². The zero-order chi connectivity index (χ0) is 8.48. The van der Waals surface area contributed by atoms with Crippen LogP contribution in [0.5, 0.6) is 0 Å². The molecule has 1 aliphatic rings. The molecule has 1 aliphatic carbocycles. The zero-order valence-corrected chi connectivity index (χ0v) is 6.92. The van der Waals surface area contributed by atoms with Gasteiger partial charge in [-0.1, -0.05) is 5.16 Å². The molecule has 3 nitrogen and oxygen atoms in total. The highest BCUT2D eigenvalue weighted by atomic mass is 16.4. The normalized spacial score (nSPS) is 27.5. The molecule has 1 N–H and O–H groups in total. The molecule has 0 aromatic carbocycles. The number of Topliss-reactive ketones (excluding diaryl/α,β-unsaturated/α-hetero) is 1. The van der Waals surface area contributed by atoms with Crippen molar-refractivity contribution in [1.29, 1.82) is 0 Å². The molecule has 1 rings (SSSR count). The minimum atomic E-state index is -0.535. The van der Waals surface area contributed by atoms with Crippen LogP contribution in [0.4, 0.5) is 0 Å². The molecular formula is C8H13NO2. The van der Waals surface area contributed by atoms with E-state index in [4.69, 9.17) is 5.21 Å². The van der Waals surface area contributed by atoms with Crippen LogP contribution in [0.25, 0.3) is 0 Å². The minimum Gasteiger partial charge on any atom is -0.411 e. The summed E-state index contributed by atoms with van der Waals surface area (Å²) < 4.78 is 0. The van der Waals surface area contributed by atoms with Gasteiger partial charge in [0.1, 0.15) is 5.78 Å². The number of hydrogen-bond acceptors (Lipinski definition) is 3. The van der Waals surface area contributed by atoms with Gasteiger partial charge in [0.2, 0.25) is 0 Å². The van der Waals surface area contributed by atoms with E-state index in [-0.39, 0.29) is 5.78 Å². The van der Waals surface area contributed by atoms with Gasteiger partial charge in [-0.15, -0.1) is 0 Å². The van der Waals surface area contributed by atoms with Gasteiger partial charge in [0.05, 0.1) is 11.1 Å². The third kappa shape index (κ3) is 1.27. The van der Waals surface area contributed by atoms with Crippen LogP contribution in [0.1, 0.15) is 33.1 Å². The average molecular weight is 155 g/mol. The van der Waals surface area contributed by atoms with Crippen molar-refractivity contribution in [2.24, 2.45) is 10.6 Å². The largest absolute Gasteiger partial charge is 0.411 e. The number of hydrogen-bond donors (Lipinski definition) is 1. The highest BCUT2D eigenvalue weighted by Crippen LogP contribution is 2.29. The Morgan fingerprint density at radius 2 is 2.09 bits per heavy atom. The molecule has 11 heavy (non-hydrogen) atoms. The number of carbonyl (C=O) groups excluding carboxylic acids is 1. The minimum absolute atomic E-state index is 0.177. The first kappa shape index (κ1) is 8.24. The highest BCUT2D eigenvalue weighted by molar-refractivity contribution is 6.10. The number of carbonyl (C=O) groups is 1. The molecule has 0 bridgehead atoms. The molecule has 3 heteroatoms. The maximum atomic E-state index is 11.3. The number of nitrogens with zero attached hydrogens (tertiary/aromatic N) is 1. The number of rotatable bonds is 0. The molecule has 0 amide bonds. The van der Waals surface area contributed by atoms with Gasteiger partial charge in [0.15, 0.2) is 0 Å². The molecule has 1 saturated carbocycles. The lowest BCUT2D eigenvalue weighted by Gasteiger charge is -2.28. The summed E-state index contributed by atoms with van der Waals surface area (Å²) in [6.45, 7) is 3.62. The quantitative estimate of drug-likeness (QED) is 0.426. The Labute approximate surface area is 66.1 Å². The lowest BCUT2D eigenvalue weighted by molar-refractivity contribution is -0.124. The van der Waals surface area contributed by atoms with E-state index in [1.54, 1.807) is 0 Å². The summed E-state index contributed by atoms with van der Waals surface area (Å²) in [6, 6.07) is 0. The summed E-state index contributed by atoms with van der Waals surface area (Å²) in [5.41, 5.74) is 0.0845. The van der Waals surface area contributed by atoms with Crippen LogP contribution in [0.3, 0.4) is 0 Å². The predicted molar refractivity (Wildman–Crippen MR) is 41.9 cm³/mol. The summed E-state index contributed by atoms with van der Waals surface area (Å²) in [7, 11) is 0. The first-order valence-corrected chi connectivity index (χ1v) is 3.83. The fourth-order valence-electron chi connectivity index (χ4n) is 1.38. The Kier molecular flexibility index (Phi) is 1.98. The molecule has 0 saturated heterocycles. The summed E-state index contributed by atoms with van der Waals surface area (Å²) >= 11 is 0. The predicted octanol–water partition coefficient (Wildman–Crippen LogP) is 1.60. The molecule has 62 valence electrons. The first-order chi connectivity index (χ1) is 5.09. The highest BCUT2D eigenvalue weighted by Gasteiger charge is 2.36. The van der Waals surface area contributed by atoms with Crippen LogP contribution >= 0.6 is 0 Å². The average Bonchev–Trinajstić information content (AvgIpc) is 1.95.